The van der Waals surface area contributed by atoms with E-state index in [1.807, 2.05) is 0 Å². The Morgan fingerprint density at radius 3 is 2.36 bits per heavy atom. The summed E-state index contributed by atoms with van der Waals surface area (Å²) in [5.41, 5.74) is -0.568. The van der Waals surface area contributed by atoms with Gasteiger partial charge in [0.1, 0.15) is 11.7 Å². The van der Waals surface area contributed by atoms with Crippen LogP contribution in [0.15, 0.2) is 0 Å². The molecule has 1 N–H and O–H groups in total. The van der Waals surface area contributed by atoms with E-state index >= 15 is 0 Å². The van der Waals surface area contributed by atoms with Gasteiger partial charge in [0.15, 0.2) is 0 Å². The van der Waals surface area contributed by atoms with E-state index < -0.39 is 5.60 Å². The van der Waals surface area contributed by atoms with Crippen molar-refractivity contribution in [3.63, 3.8) is 0 Å². The van der Waals surface area contributed by atoms with Crippen LogP contribution in [0.2, 0.25) is 0 Å². The lowest BCUT2D eigenvalue weighted by molar-refractivity contribution is -0.277. The summed E-state index contributed by atoms with van der Waals surface area (Å²) in [4.78, 5) is 0. The Balaban J connectivity index is 2.07. The van der Waals surface area contributed by atoms with Crippen LogP contribution in [-0.2, 0) is 14.2 Å². The van der Waals surface area contributed by atoms with Gasteiger partial charge in [-0.25, -0.2) is 0 Å². The lowest BCUT2D eigenvalue weighted by Crippen LogP contribution is -2.58. The van der Waals surface area contributed by atoms with E-state index in [2.05, 4.69) is 0 Å². The first kappa shape index (κ1) is 7.49. The summed E-state index contributed by atoms with van der Waals surface area (Å²) < 4.78 is 16.1. The van der Waals surface area contributed by atoms with Crippen LogP contribution >= 0.6 is 0 Å². The van der Waals surface area contributed by atoms with E-state index in [9.17, 15) is 0 Å². The van der Waals surface area contributed by atoms with Crippen molar-refractivity contribution in [2.24, 2.45) is 0 Å². The molecule has 0 aromatic rings. The van der Waals surface area contributed by atoms with Gasteiger partial charge in [0.05, 0.1) is 33.0 Å². The highest BCUT2D eigenvalue weighted by atomic mass is 16.6. The van der Waals surface area contributed by atoms with E-state index in [0.29, 0.717) is 26.4 Å². The number of fused-ring (bicyclic) bond motifs is 2. The van der Waals surface area contributed by atoms with Crippen LogP contribution in [0.4, 0.5) is 0 Å². The Kier molecular flexibility index (Phi) is 1.85. The molecule has 0 unspecified atom stereocenters. The summed E-state index contributed by atoms with van der Waals surface area (Å²) >= 11 is 0. The predicted molar refractivity (Wildman–Crippen MR) is 36.3 cm³/mol. The van der Waals surface area contributed by atoms with Crippen LogP contribution in [0.1, 0.15) is 0 Å². The summed E-state index contributed by atoms with van der Waals surface area (Å²) in [6, 6.07) is 0. The number of rotatable bonds is 1. The van der Waals surface area contributed by atoms with Crippen LogP contribution in [-0.4, -0.2) is 49.8 Å². The summed E-state index contributed by atoms with van der Waals surface area (Å²) in [5, 5.41) is 9.01. The van der Waals surface area contributed by atoms with Gasteiger partial charge in [-0.15, -0.1) is 0 Å². The number of aliphatic hydroxyl groups is 1. The first-order valence-electron chi connectivity index (χ1n) is 3.79. The molecule has 0 atom stereocenters. The normalized spacial score (nSPS) is 43.9. The molecule has 0 aromatic heterocycles. The Hall–Kier alpha value is -0.160. The number of hydrogen-bond donors (Lipinski definition) is 1. The Morgan fingerprint density at radius 2 is 1.91 bits per heavy atom. The van der Waals surface area contributed by atoms with Crippen molar-refractivity contribution in [2.75, 3.05) is 33.0 Å². The molecule has 0 aromatic carbocycles. The van der Waals surface area contributed by atoms with Crippen molar-refractivity contribution < 1.29 is 19.3 Å². The molecule has 0 aliphatic carbocycles. The molecular weight excluding hydrogens is 148 g/mol. The smallest absolute Gasteiger partial charge is 0.138 e. The van der Waals surface area contributed by atoms with Crippen LogP contribution in [0.3, 0.4) is 0 Å². The second-order valence-corrected chi connectivity index (χ2v) is 3.11. The molecule has 0 radical (unpaired) electrons. The maximum absolute atomic E-state index is 9.01. The van der Waals surface area contributed by atoms with E-state index in [0.717, 1.165) is 0 Å². The third-order valence-corrected chi connectivity index (χ3v) is 2.04. The fraction of sp³-hybridized carbons (Fsp3) is 1.00. The highest BCUT2D eigenvalue weighted by Crippen LogP contribution is 2.24. The SMILES string of the molecule is OCC12COCC(COC1)O2. The minimum Gasteiger partial charge on any atom is -0.393 e. The van der Waals surface area contributed by atoms with Crippen molar-refractivity contribution >= 4 is 0 Å². The van der Waals surface area contributed by atoms with Gasteiger partial charge in [-0.05, 0) is 0 Å². The maximum Gasteiger partial charge on any atom is 0.138 e. The lowest BCUT2D eigenvalue weighted by atomic mass is 10.1. The third-order valence-electron chi connectivity index (χ3n) is 2.04. The first-order valence-corrected chi connectivity index (χ1v) is 3.79. The number of ether oxygens (including phenoxy) is 3. The van der Waals surface area contributed by atoms with Crippen LogP contribution < -0.4 is 0 Å². The summed E-state index contributed by atoms with van der Waals surface area (Å²) in [6.07, 6.45) is 0.0182. The monoisotopic (exact) mass is 160 g/mol. The first-order chi connectivity index (χ1) is 5.35. The highest BCUT2D eigenvalue weighted by molar-refractivity contribution is 4.87. The Labute approximate surface area is 65.1 Å². The Bertz CT molecular complexity index is 137. The minimum atomic E-state index is -0.568. The van der Waals surface area contributed by atoms with Gasteiger partial charge in [0, 0.05) is 0 Å². The quantitative estimate of drug-likeness (QED) is 0.543. The standard InChI is InChI=1S/C7H12O4/c8-3-7-4-9-1-6(11-7)2-10-5-7/h6,8H,1-5H2. The zero-order chi connectivity index (χ0) is 7.73. The minimum absolute atomic E-state index is 0.0182. The molecule has 2 rings (SSSR count). The molecule has 11 heavy (non-hydrogen) atoms. The van der Waals surface area contributed by atoms with Crippen molar-refractivity contribution in [3.05, 3.63) is 0 Å². The fourth-order valence-electron chi connectivity index (χ4n) is 1.46. The average molecular weight is 160 g/mol. The fourth-order valence-corrected chi connectivity index (χ4v) is 1.46. The highest BCUT2D eigenvalue weighted by Gasteiger charge is 2.41. The molecule has 2 fully saturated rings. The van der Waals surface area contributed by atoms with E-state index in [-0.39, 0.29) is 12.7 Å². The van der Waals surface area contributed by atoms with E-state index in [4.69, 9.17) is 19.3 Å². The summed E-state index contributed by atoms with van der Waals surface area (Å²) in [6.45, 7) is 2.03. The van der Waals surface area contributed by atoms with Gasteiger partial charge in [-0.3, -0.25) is 0 Å². The zero-order valence-electron chi connectivity index (χ0n) is 6.28. The molecule has 0 saturated carbocycles. The van der Waals surface area contributed by atoms with Crippen molar-refractivity contribution in [3.8, 4) is 0 Å². The van der Waals surface area contributed by atoms with Gasteiger partial charge in [0.25, 0.3) is 0 Å². The van der Waals surface area contributed by atoms with E-state index in [1.165, 1.54) is 0 Å². The molecule has 0 amide bonds. The molecule has 2 aliphatic heterocycles. The van der Waals surface area contributed by atoms with Crippen LogP contribution in [0, 0.1) is 0 Å². The van der Waals surface area contributed by atoms with Gasteiger partial charge in [-0.2, -0.15) is 0 Å². The van der Waals surface area contributed by atoms with Gasteiger partial charge in [0.2, 0.25) is 0 Å². The average Bonchev–Trinajstić information content (AvgIpc) is 2.05. The molecule has 2 saturated heterocycles. The number of aliphatic hydroxyl groups excluding tert-OH is 1. The molecule has 64 valence electrons. The predicted octanol–water partition coefficient (Wildman–Crippen LogP) is -0.837. The molecule has 4 heteroatoms. The zero-order valence-corrected chi connectivity index (χ0v) is 6.28. The molecule has 2 bridgehead atoms. The van der Waals surface area contributed by atoms with Gasteiger partial charge >= 0.3 is 0 Å². The third kappa shape index (κ3) is 1.27. The lowest BCUT2D eigenvalue weighted by Gasteiger charge is -2.43. The van der Waals surface area contributed by atoms with Gasteiger partial charge in [-0.1, -0.05) is 0 Å². The summed E-state index contributed by atoms with van der Waals surface area (Å²) in [7, 11) is 0. The van der Waals surface area contributed by atoms with Crippen LogP contribution in [0.25, 0.3) is 0 Å². The van der Waals surface area contributed by atoms with Crippen LogP contribution in [0.5, 0.6) is 0 Å². The Morgan fingerprint density at radius 1 is 1.27 bits per heavy atom. The topological polar surface area (TPSA) is 47.9 Å². The largest absolute Gasteiger partial charge is 0.393 e. The van der Waals surface area contributed by atoms with Crippen molar-refractivity contribution in [1.29, 1.82) is 0 Å². The maximum atomic E-state index is 9.01. The van der Waals surface area contributed by atoms with Crippen molar-refractivity contribution in [1.82, 2.24) is 0 Å². The molecule has 2 heterocycles. The van der Waals surface area contributed by atoms with Crippen molar-refractivity contribution in [2.45, 2.75) is 11.7 Å². The second kappa shape index (κ2) is 2.71. The molecule has 0 spiro atoms. The second-order valence-electron chi connectivity index (χ2n) is 3.11. The molecule has 4 nitrogen and oxygen atoms in total. The summed E-state index contributed by atoms with van der Waals surface area (Å²) in [5.74, 6) is 0. The van der Waals surface area contributed by atoms with Gasteiger partial charge < -0.3 is 19.3 Å². The number of hydrogen-bond acceptors (Lipinski definition) is 4. The molecule has 2 aliphatic rings. The molecular formula is C7H12O4. The van der Waals surface area contributed by atoms with E-state index in [1.54, 1.807) is 0 Å².